The van der Waals surface area contributed by atoms with Gasteiger partial charge in [0.25, 0.3) is 0 Å². The highest BCUT2D eigenvalue weighted by molar-refractivity contribution is 8.00. The second kappa shape index (κ2) is 6.48. The van der Waals surface area contributed by atoms with Crippen LogP contribution in [0, 0.1) is 11.6 Å². The number of benzene rings is 1. The summed E-state index contributed by atoms with van der Waals surface area (Å²) in [5.41, 5.74) is -0.0475. The van der Waals surface area contributed by atoms with Gasteiger partial charge in [0, 0.05) is 18.4 Å². The highest BCUT2D eigenvalue weighted by atomic mass is 32.2. The van der Waals surface area contributed by atoms with Gasteiger partial charge in [0.1, 0.15) is 11.6 Å². The predicted molar refractivity (Wildman–Crippen MR) is 71.6 cm³/mol. The van der Waals surface area contributed by atoms with Crippen LogP contribution >= 0.6 is 11.8 Å². The number of carbonyl (C=O) groups is 1. The average Bonchev–Trinajstić information content (AvgIpc) is 2.88. The smallest absolute Gasteiger partial charge is 0.178 e. The van der Waals surface area contributed by atoms with Crippen molar-refractivity contribution in [2.75, 3.05) is 12.4 Å². The van der Waals surface area contributed by atoms with Crippen molar-refractivity contribution in [3.8, 4) is 0 Å². The largest absolute Gasteiger partial charge is 0.377 e. The topological polar surface area (TPSA) is 26.3 Å². The van der Waals surface area contributed by atoms with E-state index < -0.39 is 11.6 Å². The van der Waals surface area contributed by atoms with E-state index in [1.807, 2.05) is 0 Å². The molecule has 1 aromatic carbocycles. The molecule has 0 aliphatic carbocycles. The lowest BCUT2D eigenvalue weighted by Crippen LogP contribution is -2.19. The molecule has 104 valence electrons. The number of ether oxygens (including phenoxy) is 1. The van der Waals surface area contributed by atoms with Gasteiger partial charge in [-0.15, -0.1) is 11.8 Å². The standard InChI is InChI=1S/C14H16F2O2S/c1-9(19-8-11-3-2-6-18-11)14(17)12-5-4-10(15)7-13(12)16/h4-5,7,9,11H,2-3,6,8H2,1H3. The summed E-state index contributed by atoms with van der Waals surface area (Å²) in [6, 6.07) is 3.05. The molecule has 1 heterocycles. The first-order chi connectivity index (χ1) is 9.08. The molecule has 2 nitrogen and oxygen atoms in total. The Morgan fingerprint density at radius 3 is 2.95 bits per heavy atom. The molecule has 5 heteroatoms. The third-order valence-corrected chi connectivity index (χ3v) is 4.40. The summed E-state index contributed by atoms with van der Waals surface area (Å²) in [4.78, 5) is 12.1. The predicted octanol–water partition coefficient (Wildman–Crippen LogP) is 3.45. The number of rotatable bonds is 5. The summed E-state index contributed by atoms with van der Waals surface area (Å²) in [5, 5.41) is -0.357. The molecule has 0 amide bonds. The van der Waals surface area contributed by atoms with E-state index >= 15 is 0 Å². The Morgan fingerprint density at radius 2 is 2.32 bits per heavy atom. The maximum atomic E-state index is 13.5. The monoisotopic (exact) mass is 286 g/mol. The van der Waals surface area contributed by atoms with E-state index in [4.69, 9.17) is 4.74 Å². The van der Waals surface area contributed by atoms with Gasteiger partial charge in [-0.3, -0.25) is 4.79 Å². The summed E-state index contributed by atoms with van der Waals surface area (Å²) in [5.74, 6) is -1.04. The summed E-state index contributed by atoms with van der Waals surface area (Å²) in [7, 11) is 0. The first kappa shape index (κ1) is 14.5. The second-order valence-corrected chi connectivity index (χ2v) is 5.97. The Kier molecular flexibility index (Phi) is 4.93. The lowest BCUT2D eigenvalue weighted by molar-refractivity contribution is 0.0989. The summed E-state index contributed by atoms with van der Waals surface area (Å²) in [6.07, 6.45) is 2.26. The molecule has 0 saturated carbocycles. The van der Waals surface area contributed by atoms with E-state index in [1.54, 1.807) is 6.92 Å². The van der Waals surface area contributed by atoms with Gasteiger partial charge < -0.3 is 4.74 Å². The zero-order valence-corrected chi connectivity index (χ0v) is 11.5. The second-order valence-electron chi connectivity index (χ2n) is 4.60. The highest BCUT2D eigenvalue weighted by Gasteiger charge is 2.22. The minimum atomic E-state index is -0.797. The number of thioether (sulfide) groups is 1. The van der Waals surface area contributed by atoms with Gasteiger partial charge in [-0.1, -0.05) is 0 Å². The normalized spacial score (nSPS) is 20.5. The minimum absolute atomic E-state index is 0.0475. The molecular formula is C14H16F2O2S. The van der Waals surface area contributed by atoms with E-state index in [-0.39, 0.29) is 22.7 Å². The van der Waals surface area contributed by atoms with Crippen LogP contribution in [0.3, 0.4) is 0 Å². The van der Waals surface area contributed by atoms with E-state index in [9.17, 15) is 13.6 Å². The molecule has 2 unspecified atom stereocenters. The van der Waals surface area contributed by atoms with Crippen LogP contribution < -0.4 is 0 Å². The van der Waals surface area contributed by atoms with Gasteiger partial charge in [0.2, 0.25) is 0 Å². The maximum Gasteiger partial charge on any atom is 0.178 e. The van der Waals surface area contributed by atoms with Crippen LogP contribution in [0.25, 0.3) is 0 Å². The summed E-state index contributed by atoms with van der Waals surface area (Å²) < 4.78 is 31.8. The van der Waals surface area contributed by atoms with E-state index in [1.165, 1.54) is 17.8 Å². The Bertz CT molecular complexity index is 459. The van der Waals surface area contributed by atoms with Gasteiger partial charge in [0.05, 0.1) is 16.9 Å². The van der Waals surface area contributed by atoms with Crippen LogP contribution in [0.15, 0.2) is 18.2 Å². The van der Waals surface area contributed by atoms with Gasteiger partial charge in [0.15, 0.2) is 5.78 Å². The zero-order valence-electron chi connectivity index (χ0n) is 10.7. The Balaban J connectivity index is 1.94. The van der Waals surface area contributed by atoms with Crippen LogP contribution in [-0.2, 0) is 4.74 Å². The van der Waals surface area contributed by atoms with E-state index in [0.717, 1.165) is 37.3 Å². The Labute approximate surface area is 115 Å². The molecular weight excluding hydrogens is 270 g/mol. The van der Waals surface area contributed by atoms with Crippen molar-refractivity contribution in [1.29, 1.82) is 0 Å². The number of Topliss-reactive ketones (excluding diaryl/α,β-unsaturated/α-hetero) is 1. The lowest BCUT2D eigenvalue weighted by atomic mass is 10.1. The molecule has 0 radical (unpaired) electrons. The quantitative estimate of drug-likeness (QED) is 0.776. The van der Waals surface area contributed by atoms with Gasteiger partial charge in [-0.05, 0) is 31.9 Å². The van der Waals surface area contributed by atoms with Crippen LogP contribution in [0.2, 0.25) is 0 Å². The summed E-state index contributed by atoms with van der Waals surface area (Å²) in [6.45, 7) is 2.52. The SMILES string of the molecule is CC(SCC1CCCO1)C(=O)c1ccc(F)cc1F. The molecule has 1 aromatic rings. The number of hydrogen-bond acceptors (Lipinski definition) is 3. The Hall–Kier alpha value is -0.940. The van der Waals surface area contributed by atoms with Crippen molar-refractivity contribution in [2.45, 2.75) is 31.1 Å². The molecule has 1 saturated heterocycles. The molecule has 1 aliphatic heterocycles. The third-order valence-electron chi connectivity index (χ3n) is 3.12. The van der Waals surface area contributed by atoms with E-state index in [2.05, 4.69) is 0 Å². The van der Waals surface area contributed by atoms with Crippen molar-refractivity contribution in [3.05, 3.63) is 35.4 Å². The molecule has 0 N–H and O–H groups in total. The van der Waals surface area contributed by atoms with E-state index in [0.29, 0.717) is 0 Å². The third kappa shape index (κ3) is 3.76. The molecule has 1 fully saturated rings. The highest BCUT2D eigenvalue weighted by Crippen LogP contribution is 2.23. The van der Waals surface area contributed by atoms with Gasteiger partial charge >= 0.3 is 0 Å². The molecule has 0 bridgehead atoms. The zero-order chi connectivity index (χ0) is 13.8. The molecule has 2 rings (SSSR count). The Morgan fingerprint density at radius 1 is 1.53 bits per heavy atom. The number of carbonyl (C=O) groups excluding carboxylic acids is 1. The first-order valence-corrected chi connectivity index (χ1v) is 7.35. The molecule has 2 atom stereocenters. The first-order valence-electron chi connectivity index (χ1n) is 6.30. The van der Waals surface area contributed by atoms with Crippen LogP contribution in [-0.4, -0.2) is 29.5 Å². The number of halogens is 2. The maximum absolute atomic E-state index is 13.5. The molecule has 0 spiro atoms. The molecule has 19 heavy (non-hydrogen) atoms. The average molecular weight is 286 g/mol. The minimum Gasteiger partial charge on any atom is -0.377 e. The van der Waals surface area contributed by atoms with Crippen molar-refractivity contribution >= 4 is 17.5 Å². The molecule has 0 aromatic heterocycles. The molecule has 1 aliphatic rings. The van der Waals surface area contributed by atoms with Crippen molar-refractivity contribution in [3.63, 3.8) is 0 Å². The van der Waals surface area contributed by atoms with Crippen LogP contribution in [0.4, 0.5) is 8.78 Å². The number of hydrogen-bond donors (Lipinski definition) is 0. The fourth-order valence-corrected chi connectivity index (χ4v) is 3.06. The van der Waals surface area contributed by atoms with Crippen molar-refractivity contribution < 1.29 is 18.3 Å². The van der Waals surface area contributed by atoms with Gasteiger partial charge in [-0.25, -0.2) is 8.78 Å². The van der Waals surface area contributed by atoms with Crippen LogP contribution in [0.1, 0.15) is 30.1 Å². The van der Waals surface area contributed by atoms with Crippen molar-refractivity contribution in [1.82, 2.24) is 0 Å². The van der Waals surface area contributed by atoms with Crippen LogP contribution in [0.5, 0.6) is 0 Å². The lowest BCUT2D eigenvalue weighted by Gasteiger charge is -2.14. The fraction of sp³-hybridized carbons (Fsp3) is 0.500. The van der Waals surface area contributed by atoms with Gasteiger partial charge in [-0.2, -0.15) is 0 Å². The van der Waals surface area contributed by atoms with Crippen molar-refractivity contribution in [2.24, 2.45) is 0 Å². The fourth-order valence-electron chi connectivity index (χ4n) is 2.01. The summed E-state index contributed by atoms with van der Waals surface area (Å²) >= 11 is 1.45. The number of ketones is 1.